The highest BCUT2D eigenvalue weighted by molar-refractivity contribution is 6.74. The second-order valence-corrected chi connectivity index (χ2v) is 13.0. The average molecular weight is 327 g/mol. The second kappa shape index (κ2) is 5.68. The van der Waals surface area contributed by atoms with E-state index >= 15 is 0 Å². The van der Waals surface area contributed by atoms with Crippen LogP contribution in [0, 0.1) is 11.3 Å². The summed E-state index contributed by atoms with van der Waals surface area (Å²) in [6, 6.07) is 0. The summed E-state index contributed by atoms with van der Waals surface area (Å²) in [5, 5.41) is 10.4. The van der Waals surface area contributed by atoms with Gasteiger partial charge >= 0.3 is 5.97 Å². The van der Waals surface area contributed by atoms with E-state index in [1.54, 1.807) is 0 Å². The molecule has 3 atom stereocenters. The molecule has 0 aromatic rings. The molecule has 2 aliphatic rings. The first-order valence-electron chi connectivity index (χ1n) is 8.18. The van der Waals surface area contributed by atoms with Crippen molar-refractivity contribution in [3.05, 3.63) is 11.8 Å². The number of carbonyl (C=O) groups is 1. The zero-order valence-electron chi connectivity index (χ0n) is 14.7. The summed E-state index contributed by atoms with van der Waals surface area (Å²) in [6.45, 7) is 11.1. The molecule has 2 rings (SSSR count). The Morgan fingerprint density at radius 1 is 1.45 bits per heavy atom. The van der Waals surface area contributed by atoms with E-state index in [0.29, 0.717) is 6.42 Å². The van der Waals surface area contributed by atoms with E-state index < -0.39 is 8.32 Å². The van der Waals surface area contributed by atoms with E-state index in [4.69, 9.17) is 9.16 Å². The van der Waals surface area contributed by atoms with Crippen LogP contribution in [0.1, 0.15) is 46.5 Å². The van der Waals surface area contributed by atoms with Gasteiger partial charge in [-0.15, -0.1) is 0 Å². The first-order chi connectivity index (χ1) is 10.0. The Bertz CT molecular complexity index is 478. The van der Waals surface area contributed by atoms with Crippen molar-refractivity contribution in [2.24, 2.45) is 11.3 Å². The molecule has 0 spiro atoms. The lowest BCUT2D eigenvalue weighted by Gasteiger charge is -2.42. The molecule has 0 saturated heterocycles. The van der Waals surface area contributed by atoms with E-state index in [2.05, 4.69) is 39.9 Å². The van der Waals surface area contributed by atoms with Crippen LogP contribution in [0.2, 0.25) is 18.1 Å². The van der Waals surface area contributed by atoms with Crippen LogP contribution in [0.5, 0.6) is 0 Å². The normalized spacial score (nSPS) is 31.7. The number of ether oxygens (including phenoxy) is 1. The molecule has 2 aliphatic carbocycles. The third-order valence-corrected chi connectivity index (χ3v) is 10.3. The minimum Gasteiger partial charge on any atom is -0.546 e. The number of esters is 1. The monoisotopic (exact) mass is 326 g/mol. The Balaban J connectivity index is 2.29. The van der Waals surface area contributed by atoms with Crippen LogP contribution >= 0.6 is 0 Å². The number of fused-ring (bicyclic) bond motifs is 1. The molecule has 0 aromatic carbocycles. The summed E-state index contributed by atoms with van der Waals surface area (Å²) >= 11 is 0. The van der Waals surface area contributed by atoms with Crippen LogP contribution < -0.4 is 0 Å². The van der Waals surface area contributed by atoms with Crippen molar-refractivity contribution in [1.82, 2.24) is 0 Å². The fraction of sp³-hybridized carbons (Fsp3) is 0.824. The largest absolute Gasteiger partial charge is 0.546 e. The Morgan fingerprint density at radius 3 is 2.64 bits per heavy atom. The molecule has 22 heavy (non-hydrogen) atoms. The molecule has 1 fully saturated rings. The molecule has 1 saturated carbocycles. The minimum atomic E-state index is -1.96. The van der Waals surface area contributed by atoms with E-state index in [0.717, 1.165) is 25.0 Å². The minimum absolute atomic E-state index is 0.0892. The van der Waals surface area contributed by atoms with E-state index in [9.17, 15) is 9.90 Å². The van der Waals surface area contributed by atoms with Crippen LogP contribution in [0.25, 0.3) is 0 Å². The predicted molar refractivity (Wildman–Crippen MR) is 88.8 cm³/mol. The number of carbonyl (C=O) groups excluding carboxylic acids is 1. The van der Waals surface area contributed by atoms with Crippen LogP contribution in [0.15, 0.2) is 11.8 Å². The van der Waals surface area contributed by atoms with Crippen LogP contribution in [0.3, 0.4) is 0 Å². The summed E-state index contributed by atoms with van der Waals surface area (Å²) in [4.78, 5) is 11.9. The maximum atomic E-state index is 11.9. The Labute approximate surface area is 135 Å². The summed E-state index contributed by atoms with van der Waals surface area (Å²) in [6.07, 6.45) is 4.40. The molecule has 0 bridgehead atoms. The SMILES string of the molecule is COC(=O)C[C@]12CC[C@@H](O)[C@H]1CC=C2O[Si](C)(C)C(C)(C)C. The summed E-state index contributed by atoms with van der Waals surface area (Å²) in [5.41, 5.74) is -0.359. The highest BCUT2D eigenvalue weighted by Gasteiger charge is 2.56. The lowest BCUT2D eigenvalue weighted by molar-refractivity contribution is -0.144. The number of hydrogen-bond donors (Lipinski definition) is 1. The number of rotatable bonds is 4. The molecular formula is C17H30O4Si. The number of hydrogen-bond acceptors (Lipinski definition) is 4. The number of methoxy groups -OCH3 is 1. The summed E-state index contributed by atoms with van der Waals surface area (Å²) in [5.74, 6) is 0.808. The number of aliphatic hydroxyl groups is 1. The first-order valence-corrected chi connectivity index (χ1v) is 11.1. The van der Waals surface area contributed by atoms with Gasteiger partial charge in [-0.3, -0.25) is 4.79 Å². The standard InChI is InChI=1S/C17H30O4Si/c1-16(2,3)22(5,6)21-14-8-7-12-13(18)9-10-17(12,14)11-15(19)20-4/h8,12-13,18H,7,9-11H2,1-6H3/t12-,13-,17-/m1/s1. The lowest BCUT2D eigenvalue weighted by Crippen LogP contribution is -2.43. The molecule has 1 N–H and O–H groups in total. The molecule has 126 valence electrons. The van der Waals surface area contributed by atoms with E-state index in [-0.39, 0.29) is 28.4 Å². The zero-order valence-corrected chi connectivity index (χ0v) is 15.7. The van der Waals surface area contributed by atoms with E-state index in [1.165, 1.54) is 7.11 Å². The number of aliphatic hydroxyl groups excluding tert-OH is 1. The molecule has 0 radical (unpaired) electrons. The van der Waals surface area contributed by atoms with Gasteiger partial charge in [0.2, 0.25) is 8.32 Å². The van der Waals surface area contributed by atoms with Gasteiger partial charge in [0.05, 0.1) is 25.4 Å². The molecule has 0 aromatic heterocycles. The Hall–Kier alpha value is -0.813. The van der Waals surface area contributed by atoms with Gasteiger partial charge in [-0.2, -0.15) is 0 Å². The van der Waals surface area contributed by atoms with Gasteiger partial charge in [-0.1, -0.05) is 20.8 Å². The Morgan fingerprint density at radius 2 is 2.09 bits per heavy atom. The third kappa shape index (κ3) is 2.85. The molecule has 0 unspecified atom stereocenters. The molecule has 4 nitrogen and oxygen atoms in total. The van der Waals surface area contributed by atoms with Crippen molar-refractivity contribution >= 4 is 14.3 Å². The molecule has 0 heterocycles. The van der Waals surface area contributed by atoms with Crippen molar-refractivity contribution in [1.29, 1.82) is 0 Å². The van der Waals surface area contributed by atoms with Gasteiger partial charge in [0.1, 0.15) is 0 Å². The number of allylic oxidation sites excluding steroid dienone is 2. The highest BCUT2D eigenvalue weighted by atomic mass is 28.4. The molecule has 0 aliphatic heterocycles. The zero-order chi connectivity index (χ0) is 16.8. The van der Waals surface area contributed by atoms with Crippen molar-refractivity contribution in [2.45, 2.75) is 70.7 Å². The van der Waals surface area contributed by atoms with Crippen LogP contribution in [-0.2, 0) is 14.0 Å². The highest BCUT2D eigenvalue weighted by Crippen LogP contribution is 2.58. The molecule has 0 amide bonds. The van der Waals surface area contributed by atoms with E-state index in [1.807, 2.05) is 0 Å². The summed E-state index contributed by atoms with van der Waals surface area (Å²) < 4.78 is 11.5. The van der Waals surface area contributed by atoms with Crippen LogP contribution in [-0.4, -0.2) is 32.6 Å². The van der Waals surface area contributed by atoms with Crippen molar-refractivity contribution in [3.8, 4) is 0 Å². The van der Waals surface area contributed by atoms with Gasteiger partial charge in [-0.05, 0) is 43.5 Å². The second-order valence-electron chi connectivity index (χ2n) is 8.29. The Kier molecular flexibility index (Phi) is 4.52. The third-order valence-electron chi connectivity index (χ3n) is 5.97. The lowest BCUT2D eigenvalue weighted by atomic mass is 9.76. The molecule has 5 heteroatoms. The quantitative estimate of drug-likeness (QED) is 0.633. The first kappa shape index (κ1) is 17.5. The summed E-state index contributed by atoms with van der Waals surface area (Å²) in [7, 11) is -0.539. The van der Waals surface area contributed by atoms with Crippen molar-refractivity contribution < 1.29 is 19.1 Å². The fourth-order valence-electron chi connectivity index (χ4n) is 3.49. The maximum absolute atomic E-state index is 11.9. The van der Waals surface area contributed by atoms with Gasteiger partial charge in [0, 0.05) is 11.3 Å². The smallest absolute Gasteiger partial charge is 0.306 e. The van der Waals surface area contributed by atoms with Gasteiger partial charge < -0.3 is 14.3 Å². The molecular weight excluding hydrogens is 296 g/mol. The fourth-order valence-corrected chi connectivity index (χ4v) is 4.64. The predicted octanol–water partition coefficient (Wildman–Crippen LogP) is 3.62. The van der Waals surface area contributed by atoms with Gasteiger partial charge in [-0.25, -0.2) is 0 Å². The van der Waals surface area contributed by atoms with Crippen LogP contribution in [0.4, 0.5) is 0 Å². The maximum Gasteiger partial charge on any atom is 0.306 e. The van der Waals surface area contributed by atoms with Gasteiger partial charge in [0.15, 0.2) is 0 Å². The van der Waals surface area contributed by atoms with Crippen molar-refractivity contribution in [2.75, 3.05) is 7.11 Å². The topological polar surface area (TPSA) is 55.8 Å². The van der Waals surface area contributed by atoms with Crippen molar-refractivity contribution in [3.63, 3.8) is 0 Å². The van der Waals surface area contributed by atoms with Gasteiger partial charge in [0.25, 0.3) is 0 Å². The average Bonchev–Trinajstić information content (AvgIpc) is 2.88.